The number of carbonyl (C=O) groups excluding carboxylic acids is 1. The van der Waals surface area contributed by atoms with Gasteiger partial charge >= 0.3 is 6.09 Å². The average molecular weight is 834 g/mol. The fraction of sp³-hybridized carbons (Fsp3) is 0.457. The Morgan fingerprint density at radius 2 is 1.58 bits per heavy atom. The maximum atomic E-state index is 17.7. The number of benzene rings is 2. The Morgan fingerprint density at radius 3 is 2.17 bits per heavy atom. The quantitative estimate of drug-likeness (QED) is 0.0988. The zero-order valence-electron chi connectivity index (χ0n) is 35.5. The monoisotopic (exact) mass is 833 g/mol. The lowest BCUT2D eigenvalue weighted by Crippen LogP contribution is -2.65. The maximum Gasteiger partial charge on any atom is 0.410 e. The summed E-state index contributed by atoms with van der Waals surface area (Å²) in [5, 5.41) is 0.905. The summed E-state index contributed by atoms with van der Waals surface area (Å²) in [5.74, 6) is 2.85. The van der Waals surface area contributed by atoms with E-state index in [9.17, 15) is 4.79 Å². The van der Waals surface area contributed by atoms with Crippen LogP contribution in [-0.4, -0.2) is 87.8 Å². The van der Waals surface area contributed by atoms with Gasteiger partial charge in [0, 0.05) is 30.9 Å². The molecule has 9 rings (SSSR count). The van der Waals surface area contributed by atoms with E-state index in [1.54, 1.807) is 14.2 Å². The van der Waals surface area contributed by atoms with E-state index in [1.807, 2.05) is 76.1 Å². The first-order chi connectivity index (χ1) is 28.8. The molecule has 314 valence electrons. The number of carbonyl (C=O) groups is 1. The van der Waals surface area contributed by atoms with Gasteiger partial charge in [-0.15, -0.1) is 0 Å². The zero-order chi connectivity index (χ0) is 42.0. The minimum Gasteiger partial charge on any atom is -0.497 e. The third-order valence-electron chi connectivity index (χ3n) is 12.1. The van der Waals surface area contributed by atoms with Crippen molar-refractivity contribution in [2.75, 3.05) is 36.8 Å². The van der Waals surface area contributed by atoms with Crippen molar-refractivity contribution >= 4 is 40.4 Å². The lowest BCUT2D eigenvalue weighted by atomic mass is 9.97. The number of pyridine rings is 2. The average Bonchev–Trinajstić information content (AvgIpc) is 4.03. The first-order valence-corrected chi connectivity index (χ1v) is 22.0. The van der Waals surface area contributed by atoms with Crippen LogP contribution in [0.15, 0.2) is 59.8 Å². The molecule has 0 N–H and O–H groups in total. The van der Waals surface area contributed by atoms with Crippen LogP contribution in [0.5, 0.6) is 17.4 Å². The van der Waals surface area contributed by atoms with Crippen LogP contribution in [0, 0.1) is 12.7 Å². The number of methoxy groups -OCH3 is 2. The summed E-state index contributed by atoms with van der Waals surface area (Å²) in [6.45, 7) is 11.3. The summed E-state index contributed by atoms with van der Waals surface area (Å²) in [6, 6.07) is 17.5. The molecule has 4 aliphatic rings. The van der Waals surface area contributed by atoms with Crippen LogP contribution in [0.25, 0.3) is 22.2 Å². The molecule has 2 aromatic carbocycles. The van der Waals surface area contributed by atoms with Gasteiger partial charge in [-0.05, 0) is 119 Å². The van der Waals surface area contributed by atoms with Crippen molar-refractivity contribution in [1.29, 1.82) is 0 Å². The molecule has 6 heterocycles. The summed E-state index contributed by atoms with van der Waals surface area (Å²) in [5.41, 5.74) is 4.37. The van der Waals surface area contributed by atoms with E-state index in [-0.39, 0.29) is 47.2 Å². The number of ether oxygens (including phenoxy) is 4. The minimum absolute atomic E-state index is 0.0900. The molecule has 0 spiro atoms. The van der Waals surface area contributed by atoms with E-state index in [4.69, 9.17) is 38.9 Å². The third-order valence-corrected chi connectivity index (χ3v) is 12.7. The first-order valence-electron chi connectivity index (χ1n) is 20.8. The van der Waals surface area contributed by atoms with Crippen LogP contribution < -0.4 is 24.0 Å². The Bertz CT molecular complexity index is 2390. The summed E-state index contributed by atoms with van der Waals surface area (Å²) < 4.78 is 41.4. The van der Waals surface area contributed by atoms with E-state index < -0.39 is 17.5 Å². The Kier molecular flexibility index (Phi) is 10.4. The maximum absolute atomic E-state index is 17.7. The van der Waals surface area contributed by atoms with Gasteiger partial charge in [0.2, 0.25) is 5.88 Å². The Labute approximate surface area is 354 Å². The summed E-state index contributed by atoms with van der Waals surface area (Å²) in [6.07, 6.45) is 4.74. The number of thioether (sulfide) groups is 1. The predicted octanol–water partition coefficient (Wildman–Crippen LogP) is 9.10. The van der Waals surface area contributed by atoms with Crippen LogP contribution in [0.1, 0.15) is 81.7 Å². The number of anilines is 2. The van der Waals surface area contributed by atoms with Gasteiger partial charge in [-0.1, -0.05) is 36.0 Å². The molecule has 0 radical (unpaired) electrons. The third kappa shape index (κ3) is 7.41. The van der Waals surface area contributed by atoms with Crippen LogP contribution in [0.2, 0.25) is 0 Å². The van der Waals surface area contributed by atoms with Crippen molar-refractivity contribution < 1.29 is 28.1 Å². The smallest absolute Gasteiger partial charge is 0.410 e. The summed E-state index contributed by atoms with van der Waals surface area (Å²) in [7, 11) is 3.32. The fourth-order valence-corrected chi connectivity index (χ4v) is 9.68. The van der Waals surface area contributed by atoms with Gasteiger partial charge in [0.05, 0.1) is 32.3 Å². The highest BCUT2D eigenvalue weighted by Gasteiger charge is 2.54. The van der Waals surface area contributed by atoms with Gasteiger partial charge < -0.3 is 28.7 Å². The minimum atomic E-state index is -0.633. The van der Waals surface area contributed by atoms with Gasteiger partial charge in [-0.2, -0.15) is 0 Å². The molecule has 1 amide bonds. The number of amides is 1. The second-order valence-corrected chi connectivity index (χ2v) is 18.1. The molecule has 3 aromatic heterocycles. The van der Waals surface area contributed by atoms with Crippen LogP contribution in [0.3, 0.4) is 0 Å². The normalized spacial score (nSPS) is 20.7. The van der Waals surface area contributed by atoms with E-state index in [0.717, 1.165) is 59.6 Å². The summed E-state index contributed by atoms with van der Waals surface area (Å²) >= 11 is 1.37. The Morgan fingerprint density at radius 1 is 0.933 bits per heavy atom. The number of rotatable bonds is 10. The Hall–Kier alpha value is -5.37. The first kappa shape index (κ1) is 40.1. The largest absolute Gasteiger partial charge is 0.497 e. The number of nitrogens with zero attached hydrogens (tertiary/aromatic N) is 7. The Balaban J connectivity index is 1.17. The van der Waals surface area contributed by atoms with E-state index in [0.29, 0.717) is 47.4 Å². The topological polar surface area (TPSA) is 115 Å². The molecule has 3 aliphatic heterocycles. The molecular weight excluding hydrogens is 782 g/mol. The molecular formula is C46H52FN7O5S. The summed E-state index contributed by atoms with van der Waals surface area (Å²) in [4.78, 5) is 40.2. The van der Waals surface area contributed by atoms with E-state index in [1.165, 1.54) is 11.8 Å². The molecule has 60 heavy (non-hydrogen) atoms. The number of hydrogen-bond acceptors (Lipinski definition) is 12. The number of halogens is 1. The highest BCUT2D eigenvalue weighted by atomic mass is 32.2. The van der Waals surface area contributed by atoms with Gasteiger partial charge in [-0.3, -0.25) is 4.90 Å². The molecule has 2 bridgehead atoms. The molecule has 1 saturated carbocycles. The standard InChI is InChI=1S/C46H52FN7O5S/c1-25-36(29-13-14-29)33(21-35(48-25)52(22-27-9-16-31(56-6)17-10-27)23-28-11-18-32(57-7)19-12-28)39-38(47)40-37-42(51-44(50-40)60-8)53-24-30-15-20-34(41(53)26(2)58-43(37)49-39)54(30)45(55)59-46(3,4)5/h9-12,16-19,21,26,29-30,34,41H,13-15,20,22-24H2,1-8H3/t26-,30+,34-,41+/m0/s1. The number of hydrogen-bond donors (Lipinski definition) is 0. The van der Waals surface area contributed by atoms with Gasteiger partial charge in [0.1, 0.15) is 51.4 Å². The molecule has 14 heteroatoms. The number of piperazine rings is 1. The molecule has 2 saturated heterocycles. The molecule has 4 atom stereocenters. The van der Waals surface area contributed by atoms with Gasteiger partial charge in [0.25, 0.3) is 0 Å². The number of aryl methyl sites for hydroxylation is 1. The predicted molar refractivity (Wildman–Crippen MR) is 231 cm³/mol. The molecule has 5 aromatic rings. The lowest BCUT2D eigenvalue weighted by molar-refractivity contribution is 0.000947. The second-order valence-electron chi connectivity index (χ2n) is 17.3. The fourth-order valence-electron chi connectivity index (χ4n) is 9.32. The number of aromatic nitrogens is 4. The van der Waals surface area contributed by atoms with Gasteiger partial charge in [0.15, 0.2) is 11.0 Å². The van der Waals surface area contributed by atoms with E-state index in [2.05, 4.69) is 34.1 Å². The van der Waals surface area contributed by atoms with Gasteiger partial charge in [-0.25, -0.2) is 29.1 Å². The number of fused-ring (bicyclic) bond motifs is 5. The molecule has 12 nitrogen and oxygen atoms in total. The lowest BCUT2D eigenvalue weighted by Gasteiger charge is -2.48. The van der Waals surface area contributed by atoms with Crippen molar-refractivity contribution in [2.45, 2.75) is 114 Å². The van der Waals surface area contributed by atoms with E-state index >= 15 is 4.39 Å². The van der Waals surface area contributed by atoms with Crippen molar-refractivity contribution in [3.8, 4) is 28.6 Å². The highest BCUT2D eigenvalue weighted by molar-refractivity contribution is 7.98. The molecule has 0 unspecified atom stereocenters. The second kappa shape index (κ2) is 15.6. The molecule has 3 fully saturated rings. The van der Waals surface area contributed by atoms with Crippen molar-refractivity contribution in [2.24, 2.45) is 0 Å². The van der Waals surface area contributed by atoms with Crippen molar-refractivity contribution in [3.05, 3.63) is 82.8 Å². The van der Waals surface area contributed by atoms with Crippen molar-refractivity contribution in [3.63, 3.8) is 0 Å². The van der Waals surface area contributed by atoms with Crippen LogP contribution in [0.4, 0.5) is 20.8 Å². The SMILES string of the molecule is COc1ccc(CN(Cc2ccc(OC)cc2)c2cc(-c3nc4c5c(nc(SC)nc5c3F)N3C[C@H]5CC[C@@H]([C@H]3[C@H](C)O4)N5C(=O)OC(C)(C)C)c(C3CC3)c(C)n2)cc1. The van der Waals surface area contributed by atoms with Crippen molar-refractivity contribution in [1.82, 2.24) is 24.8 Å². The zero-order valence-corrected chi connectivity index (χ0v) is 36.3. The van der Waals surface area contributed by atoms with Crippen LogP contribution >= 0.6 is 11.8 Å². The highest BCUT2D eigenvalue weighted by Crippen LogP contribution is 2.50. The van der Waals surface area contributed by atoms with Crippen LogP contribution in [-0.2, 0) is 17.8 Å². The molecule has 1 aliphatic carbocycles.